The van der Waals surface area contributed by atoms with Gasteiger partial charge in [0.05, 0.1) is 6.10 Å². The fourth-order valence-corrected chi connectivity index (χ4v) is 2.52. The number of nitrogens with zero attached hydrogens (tertiary/aromatic N) is 1. The predicted molar refractivity (Wildman–Crippen MR) is 71.9 cm³/mol. The first-order chi connectivity index (χ1) is 8.61. The summed E-state index contributed by atoms with van der Waals surface area (Å²) in [5.41, 5.74) is 3.09. The highest BCUT2D eigenvalue weighted by atomic mass is 16.5. The van der Waals surface area contributed by atoms with E-state index < -0.39 is 0 Å². The molecular formula is C15H21NO2. The van der Waals surface area contributed by atoms with Crippen LogP contribution in [0.3, 0.4) is 0 Å². The van der Waals surface area contributed by atoms with Crippen LogP contribution in [0.2, 0.25) is 0 Å². The molecular weight excluding hydrogens is 226 g/mol. The normalized spacial score (nSPS) is 16.9. The fourth-order valence-electron chi connectivity index (χ4n) is 2.52. The summed E-state index contributed by atoms with van der Waals surface area (Å²) in [4.78, 5) is 14.3. The number of aryl methyl sites for hydroxylation is 2. The quantitative estimate of drug-likeness (QED) is 0.804. The van der Waals surface area contributed by atoms with Gasteiger partial charge in [-0.2, -0.15) is 0 Å². The van der Waals surface area contributed by atoms with E-state index in [0.29, 0.717) is 6.10 Å². The Balaban J connectivity index is 2.08. The van der Waals surface area contributed by atoms with Crippen LogP contribution in [0, 0.1) is 13.8 Å². The lowest BCUT2D eigenvalue weighted by Gasteiger charge is -2.31. The van der Waals surface area contributed by atoms with E-state index in [1.807, 2.05) is 30.9 Å². The third-order valence-electron chi connectivity index (χ3n) is 3.67. The molecule has 3 heteroatoms. The highest BCUT2D eigenvalue weighted by molar-refractivity contribution is 5.95. The first-order valence-corrected chi connectivity index (χ1v) is 6.51. The summed E-state index contributed by atoms with van der Waals surface area (Å²) in [6, 6.07) is 6.01. The topological polar surface area (TPSA) is 29.5 Å². The van der Waals surface area contributed by atoms with Crippen LogP contribution in [0.4, 0.5) is 0 Å². The van der Waals surface area contributed by atoms with Crippen molar-refractivity contribution in [1.82, 2.24) is 4.90 Å². The Morgan fingerprint density at radius 3 is 2.50 bits per heavy atom. The van der Waals surface area contributed by atoms with E-state index in [1.165, 1.54) is 5.56 Å². The molecule has 1 saturated heterocycles. The van der Waals surface area contributed by atoms with Gasteiger partial charge in [-0.1, -0.05) is 17.7 Å². The van der Waals surface area contributed by atoms with Crippen molar-refractivity contribution in [2.24, 2.45) is 0 Å². The van der Waals surface area contributed by atoms with Crippen LogP contribution in [-0.2, 0) is 4.74 Å². The van der Waals surface area contributed by atoms with E-state index in [-0.39, 0.29) is 5.91 Å². The maximum absolute atomic E-state index is 12.4. The molecule has 0 aliphatic carbocycles. The summed E-state index contributed by atoms with van der Waals surface area (Å²) < 4.78 is 5.33. The lowest BCUT2D eigenvalue weighted by atomic mass is 10.0. The van der Waals surface area contributed by atoms with Gasteiger partial charge in [0, 0.05) is 25.8 Å². The Hall–Kier alpha value is -1.35. The van der Waals surface area contributed by atoms with Crippen LogP contribution in [-0.4, -0.2) is 37.1 Å². The van der Waals surface area contributed by atoms with Crippen molar-refractivity contribution in [3.8, 4) is 0 Å². The van der Waals surface area contributed by atoms with E-state index in [2.05, 4.69) is 6.07 Å². The molecule has 1 aromatic rings. The maximum Gasteiger partial charge on any atom is 0.254 e. The van der Waals surface area contributed by atoms with Crippen LogP contribution >= 0.6 is 0 Å². The minimum Gasteiger partial charge on any atom is -0.381 e. The summed E-state index contributed by atoms with van der Waals surface area (Å²) in [7, 11) is 1.74. The highest BCUT2D eigenvalue weighted by Gasteiger charge is 2.24. The summed E-state index contributed by atoms with van der Waals surface area (Å²) >= 11 is 0. The van der Waals surface area contributed by atoms with Gasteiger partial charge in [-0.15, -0.1) is 0 Å². The minimum atomic E-state index is 0.155. The van der Waals surface area contributed by atoms with E-state index in [4.69, 9.17) is 4.74 Å². The number of amides is 1. The molecule has 98 valence electrons. The van der Waals surface area contributed by atoms with Gasteiger partial charge >= 0.3 is 0 Å². The largest absolute Gasteiger partial charge is 0.381 e. The number of likely N-dealkylation sites (tertiary alicyclic amines) is 1. The number of piperidine rings is 1. The molecule has 3 nitrogen and oxygen atoms in total. The average molecular weight is 247 g/mol. The zero-order chi connectivity index (χ0) is 13.1. The van der Waals surface area contributed by atoms with Gasteiger partial charge in [0.25, 0.3) is 5.91 Å². The maximum atomic E-state index is 12.4. The molecule has 0 atom stereocenters. The number of hydrogen-bond acceptors (Lipinski definition) is 2. The van der Waals surface area contributed by atoms with Crippen LogP contribution in [0.1, 0.15) is 34.3 Å². The SMILES string of the molecule is COC1CCN(C(=O)c2ccc(C)cc2C)CC1. The third kappa shape index (κ3) is 2.72. The third-order valence-corrected chi connectivity index (χ3v) is 3.67. The summed E-state index contributed by atoms with van der Waals surface area (Å²) in [6.07, 6.45) is 2.19. The molecule has 0 bridgehead atoms. The van der Waals surface area contributed by atoms with Crippen LogP contribution in [0.25, 0.3) is 0 Å². The fraction of sp³-hybridized carbons (Fsp3) is 0.533. The van der Waals surface area contributed by atoms with Crippen molar-refractivity contribution in [2.45, 2.75) is 32.8 Å². The van der Waals surface area contributed by atoms with Crippen molar-refractivity contribution in [3.05, 3.63) is 34.9 Å². The molecule has 1 heterocycles. The molecule has 2 rings (SSSR count). The average Bonchev–Trinajstić information content (AvgIpc) is 2.38. The van der Waals surface area contributed by atoms with Gasteiger partial charge in [0.1, 0.15) is 0 Å². The Kier molecular flexibility index (Phi) is 4.02. The molecule has 0 saturated carbocycles. The molecule has 0 unspecified atom stereocenters. The van der Waals surface area contributed by atoms with Crippen molar-refractivity contribution in [2.75, 3.05) is 20.2 Å². The van der Waals surface area contributed by atoms with Crippen molar-refractivity contribution >= 4 is 5.91 Å². The lowest BCUT2D eigenvalue weighted by molar-refractivity contribution is 0.0350. The number of benzene rings is 1. The second-order valence-corrected chi connectivity index (χ2v) is 5.05. The molecule has 0 N–H and O–H groups in total. The number of rotatable bonds is 2. The summed E-state index contributed by atoms with van der Waals surface area (Å²) in [6.45, 7) is 5.64. The lowest BCUT2D eigenvalue weighted by Crippen LogP contribution is -2.40. The first-order valence-electron chi connectivity index (χ1n) is 6.51. The van der Waals surface area contributed by atoms with E-state index in [1.54, 1.807) is 7.11 Å². The monoisotopic (exact) mass is 247 g/mol. The van der Waals surface area contributed by atoms with Crippen molar-refractivity contribution in [1.29, 1.82) is 0 Å². The predicted octanol–water partition coefficient (Wildman–Crippen LogP) is 2.55. The van der Waals surface area contributed by atoms with Gasteiger partial charge in [-0.25, -0.2) is 0 Å². The molecule has 0 aromatic heterocycles. The molecule has 1 aliphatic heterocycles. The van der Waals surface area contributed by atoms with E-state index in [0.717, 1.165) is 37.1 Å². The minimum absolute atomic E-state index is 0.155. The van der Waals surface area contributed by atoms with E-state index in [9.17, 15) is 4.79 Å². The van der Waals surface area contributed by atoms with Gasteiger partial charge in [-0.3, -0.25) is 4.79 Å². The molecule has 1 amide bonds. The summed E-state index contributed by atoms with van der Waals surface area (Å²) in [5, 5.41) is 0. The van der Waals surface area contributed by atoms with Crippen LogP contribution < -0.4 is 0 Å². The number of carbonyl (C=O) groups excluding carboxylic acids is 1. The molecule has 1 fully saturated rings. The Bertz CT molecular complexity index is 434. The number of methoxy groups -OCH3 is 1. The molecule has 1 aromatic carbocycles. The Morgan fingerprint density at radius 2 is 1.94 bits per heavy atom. The summed E-state index contributed by atoms with van der Waals surface area (Å²) in [5.74, 6) is 0.155. The number of carbonyl (C=O) groups is 1. The Morgan fingerprint density at radius 1 is 1.28 bits per heavy atom. The highest BCUT2D eigenvalue weighted by Crippen LogP contribution is 2.18. The molecule has 18 heavy (non-hydrogen) atoms. The van der Waals surface area contributed by atoms with Crippen molar-refractivity contribution in [3.63, 3.8) is 0 Å². The molecule has 0 radical (unpaired) electrons. The van der Waals surface area contributed by atoms with Gasteiger partial charge in [0.2, 0.25) is 0 Å². The smallest absolute Gasteiger partial charge is 0.254 e. The molecule has 0 spiro atoms. The van der Waals surface area contributed by atoms with Gasteiger partial charge < -0.3 is 9.64 Å². The Labute approximate surface area is 109 Å². The number of ether oxygens (including phenoxy) is 1. The van der Waals surface area contributed by atoms with Gasteiger partial charge in [0.15, 0.2) is 0 Å². The van der Waals surface area contributed by atoms with Crippen LogP contribution in [0.15, 0.2) is 18.2 Å². The van der Waals surface area contributed by atoms with E-state index >= 15 is 0 Å². The second kappa shape index (κ2) is 5.53. The molecule has 1 aliphatic rings. The first kappa shape index (κ1) is 13.1. The second-order valence-electron chi connectivity index (χ2n) is 5.05. The zero-order valence-electron chi connectivity index (χ0n) is 11.4. The van der Waals surface area contributed by atoms with Gasteiger partial charge in [-0.05, 0) is 38.3 Å². The standard InChI is InChI=1S/C15H21NO2/c1-11-4-5-14(12(2)10-11)15(17)16-8-6-13(18-3)7-9-16/h4-5,10,13H,6-9H2,1-3H3. The number of hydrogen-bond donors (Lipinski definition) is 0. The van der Waals surface area contributed by atoms with Crippen molar-refractivity contribution < 1.29 is 9.53 Å². The van der Waals surface area contributed by atoms with Crippen LogP contribution in [0.5, 0.6) is 0 Å². The zero-order valence-corrected chi connectivity index (χ0v) is 11.4.